The van der Waals surface area contributed by atoms with E-state index in [9.17, 15) is 14.9 Å². The summed E-state index contributed by atoms with van der Waals surface area (Å²) in [6.45, 7) is 9.63. The Hall–Kier alpha value is -4.71. The van der Waals surface area contributed by atoms with Gasteiger partial charge in [0.25, 0.3) is 8.53 Å². The molecule has 1 N–H and O–H groups in total. The van der Waals surface area contributed by atoms with Crippen LogP contribution < -0.4 is 20.5 Å². The first kappa shape index (κ1) is 43.4. The van der Waals surface area contributed by atoms with Gasteiger partial charge in [-0.05, 0) is 74.7 Å². The zero-order valence-electron chi connectivity index (χ0n) is 33.7. The molecule has 0 bridgehead atoms. The number of nitriles is 1. The summed E-state index contributed by atoms with van der Waals surface area (Å²) < 4.78 is 48.0. The summed E-state index contributed by atoms with van der Waals surface area (Å²) in [7, 11) is 2.97. The van der Waals surface area contributed by atoms with Gasteiger partial charge in [0.1, 0.15) is 41.2 Å². The lowest BCUT2D eigenvalue weighted by Gasteiger charge is -2.39. The fourth-order valence-electron chi connectivity index (χ4n) is 6.98. The summed E-state index contributed by atoms with van der Waals surface area (Å²) in [5, 5.41) is 11.9. The van der Waals surface area contributed by atoms with Crippen LogP contribution in [0.1, 0.15) is 64.0 Å². The SMILES string of the molecule is COc1ccc(C(OC[C@H]2O[C@@H](n3ccc(NC(C)=O)nc3=O)[C@@H](OC)C2OP(OCCC#N)N(C(C)C)C(C)C)(c2ccccc2)c2ccc(OC)cc2)cc1. The average molecular weight is 802 g/mol. The zero-order valence-corrected chi connectivity index (χ0v) is 34.6. The molecule has 1 fully saturated rings. The quantitative estimate of drug-likeness (QED) is 0.0602. The lowest BCUT2D eigenvalue weighted by atomic mass is 9.80. The molecule has 1 amide bonds. The fraction of sp³-hybridized carbons (Fsp3) is 0.429. The predicted molar refractivity (Wildman–Crippen MR) is 216 cm³/mol. The smallest absolute Gasteiger partial charge is 0.351 e. The number of carbonyl (C=O) groups is 1. The molecule has 0 spiro atoms. The molecule has 5 rings (SSSR count). The highest BCUT2D eigenvalue weighted by molar-refractivity contribution is 7.44. The van der Waals surface area contributed by atoms with Gasteiger partial charge in [-0.25, -0.2) is 9.46 Å². The lowest BCUT2D eigenvalue weighted by Crippen LogP contribution is -2.43. The number of nitrogens with one attached hydrogen (secondary N) is 1. The minimum absolute atomic E-state index is 0.0102. The molecule has 57 heavy (non-hydrogen) atoms. The number of anilines is 1. The molecule has 1 aliphatic heterocycles. The third-order valence-corrected chi connectivity index (χ3v) is 11.6. The van der Waals surface area contributed by atoms with E-state index in [1.165, 1.54) is 30.9 Å². The van der Waals surface area contributed by atoms with E-state index >= 15 is 0 Å². The van der Waals surface area contributed by atoms with Crippen molar-refractivity contribution in [2.45, 2.75) is 83.3 Å². The zero-order chi connectivity index (χ0) is 41.1. The Morgan fingerprint density at radius 2 is 1.49 bits per heavy atom. The highest BCUT2D eigenvalue weighted by Gasteiger charge is 2.51. The molecule has 0 saturated carbocycles. The predicted octanol–water partition coefficient (Wildman–Crippen LogP) is 6.80. The number of carbonyl (C=O) groups excluding carboxylic acids is 1. The molecule has 1 saturated heterocycles. The van der Waals surface area contributed by atoms with Crippen LogP contribution in [0.15, 0.2) is 95.9 Å². The number of hydrogen-bond donors (Lipinski definition) is 1. The molecule has 1 aromatic heterocycles. The van der Waals surface area contributed by atoms with E-state index in [1.807, 2.05) is 78.9 Å². The molecule has 2 unspecified atom stereocenters. The Labute approximate surface area is 335 Å². The van der Waals surface area contributed by atoms with Gasteiger partial charge in [-0.3, -0.25) is 9.36 Å². The van der Waals surface area contributed by atoms with Crippen LogP contribution in [-0.2, 0) is 33.7 Å². The second kappa shape index (κ2) is 20.1. The fourth-order valence-corrected chi connectivity index (χ4v) is 8.75. The summed E-state index contributed by atoms with van der Waals surface area (Å²) in [5.74, 6) is 1.11. The number of hydrogen-bond acceptors (Lipinski definition) is 12. The largest absolute Gasteiger partial charge is 0.497 e. The van der Waals surface area contributed by atoms with Gasteiger partial charge in [-0.1, -0.05) is 54.6 Å². The van der Waals surface area contributed by atoms with Crippen LogP contribution in [0.3, 0.4) is 0 Å². The van der Waals surface area contributed by atoms with Gasteiger partial charge >= 0.3 is 5.69 Å². The highest BCUT2D eigenvalue weighted by atomic mass is 31.2. The third-order valence-electron chi connectivity index (χ3n) is 9.48. The van der Waals surface area contributed by atoms with E-state index in [0.717, 1.165) is 16.7 Å². The van der Waals surface area contributed by atoms with Gasteiger partial charge in [0.15, 0.2) is 6.23 Å². The van der Waals surface area contributed by atoms with Crippen molar-refractivity contribution >= 4 is 20.3 Å². The highest BCUT2D eigenvalue weighted by Crippen LogP contribution is 2.51. The van der Waals surface area contributed by atoms with Gasteiger partial charge in [-0.2, -0.15) is 10.2 Å². The Balaban J connectivity index is 1.65. The topological polar surface area (TPSA) is 156 Å². The molecule has 5 atom stereocenters. The van der Waals surface area contributed by atoms with Gasteiger partial charge in [0.2, 0.25) is 5.91 Å². The molecule has 0 radical (unpaired) electrons. The van der Waals surface area contributed by atoms with E-state index in [-0.39, 0.29) is 43.4 Å². The van der Waals surface area contributed by atoms with E-state index in [4.69, 9.17) is 32.7 Å². The second-order valence-electron chi connectivity index (χ2n) is 13.9. The molecule has 15 heteroatoms. The van der Waals surface area contributed by atoms with E-state index in [1.54, 1.807) is 14.2 Å². The molecule has 1 aliphatic rings. The number of ether oxygens (including phenoxy) is 5. The van der Waals surface area contributed by atoms with Crippen molar-refractivity contribution in [3.05, 3.63) is 118 Å². The number of benzene rings is 3. The monoisotopic (exact) mass is 801 g/mol. The normalized spacial score (nSPS) is 18.8. The number of rotatable bonds is 19. The summed E-state index contributed by atoms with van der Waals surface area (Å²) in [6.07, 6.45) is -1.90. The second-order valence-corrected chi connectivity index (χ2v) is 15.3. The maximum Gasteiger partial charge on any atom is 0.351 e. The molecule has 2 heterocycles. The first-order valence-corrected chi connectivity index (χ1v) is 19.9. The van der Waals surface area contributed by atoms with Crippen LogP contribution in [0.25, 0.3) is 0 Å². The molecule has 0 aliphatic carbocycles. The van der Waals surface area contributed by atoms with Crippen molar-refractivity contribution in [3.8, 4) is 17.6 Å². The summed E-state index contributed by atoms with van der Waals surface area (Å²) in [4.78, 5) is 29.4. The van der Waals surface area contributed by atoms with Crippen molar-refractivity contribution in [1.82, 2.24) is 14.2 Å². The maximum absolute atomic E-state index is 13.6. The molecular formula is C42H52N5O9P. The third kappa shape index (κ3) is 10.1. The van der Waals surface area contributed by atoms with Crippen molar-refractivity contribution in [1.29, 1.82) is 5.26 Å². The number of methoxy groups -OCH3 is 3. The molecule has 304 valence electrons. The number of nitrogens with zero attached hydrogens (tertiary/aromatic N) is 4. The molecule has 4 aromatic rings. The standard InChI is InChI=1S/C42H52N5O9P/c1-28(2)47(29(3)4)57(54-26-12-24-43)56-38-36(55-40(39(38)52-8)46-25-23-37(44-30(5)48)45-41(46)49)27-53-42(31-13-10-9-11-14-31,32-15-19-34(50-6)20-16-32)33-17-21-35(51-7)22-18-33/h9-11,13-23,25,28-29,36,38-40H,12,26-27H2,1-8H3,(H,44,45,48,49)/t36-,38?,39+,40-,57?/m1/s1. The Morgan fingerprint density at radius 3 is 1.98 bits per heavy atom. The van der Waals surface area contributed by atoms with Crippen molar-refractivity contribution in [2.24, 2.45) is 0 Å². The Bertz CT molecular complexity index is 1930. The van der Waals surface area contributed by atoms with Gasteiger partial charge in [-0.15, -0.1) is 0 Å². The summed E-state index contributed by atoms with van der Waals surface area (Å²) >= 11 is 0. The van der Waals surface area contributed by atoms with Crippen LogP contribution >= 0.6 is 8.53 Å². The molecular weight excluding hydrogens is 749 g/mol. The van der Waals surface area contributed by atoms with E-state index < -0.39 is 44.4 Å². The Kier molecular flexibility index (Phi) is 15.3. The minimum Gasteiger partial charge on any atom is -0.497 e. The van der Waals surface area contributed by atoms with Crippen molar-refractivity contribution in [2.75, 3.05) is 39.9 Å². The average Bonchev–Trinajstić information content (AvgIpc) is 3.54. The first-order chi connectivity index (χ1) is 27.5. The van der Waals surface area contributed by atoms with Crippen LogP contribution in [0.4, 0.5) is 5.82 Å². The van der Waals surface area contributed by atoms with Crippen molar-refractivity contribution < 1.29 is 37.5 Å². The van der Waals surface area contributed by atoms with E-state index in [2.05, 4.69) is 48.7 Å². The lowest BCUT2D eigenvalue weighted by molar-refractivity contribution is -0.114. The van der Waals surface area contributed by atoms with E-state index in [0.29, 0.717) is 11.5 Å². The number of amides is 1. The van der Waals surface area contributed by atoms with Crippen LogP contribution in [-0.4, -0.2) is 85.1 Å². The van der Waals surface area contributed by atoms with Crippen LogP contribution in [0, 0.1) is 11.3 Å². The minimum atomic E-state index is -1.79. The van der Waals surface area contributed by atoms with Crippen LogP contribution in [0.2, 0.25) is 0 Å². The maximum atomic E-state index is 13.6. The summed E-state index contributed by atoms with van der Waals surface area (Å²) in [5.41, 5.74) is 0.622. The van der Waals surface area contributed by atoms with Gasteiger partial charge < -0.3 is 38.0 Å². The number of aromatic nitrogens is 2. The van der Waals surface area contributed by atoms with Crippen molar-refractivity contribution in [3.63, 3.8) is 0 Å². The molecule has 14 nitrogen and oxygen atoms in total. The molecule has 3 aromatic carbocycles. The van der Waals surface area contributed by atoms with Crippen LogP contribution in [0.5, 0.6) is 11.5 Å². The first-order valence-electron chi connectivity index (χ1n) is 18.8. The van der Waals surface area contributed by atoms with Gasteiger partial charge in [0, 0.05) is 32.3 Å². The van der Waals surface area contributed by atoms with Gasteiger partial charge in [0.05, 0.1) is 39.9 Å². The Morgan fingerprint density at radius 1 is 0.912 bits per heavy atom. The summed E-state index contributed by atoms with van der Waals surface area (Å²) in [6, 6.07) is 29.0.